The van der Waals surface area contributed by atoms with Crippen LogP contribution in [0, 0.1) is 10.1 Å². The van der Waals surface area contributed by atoms with Gasteiger partial charge in [-0.25, -0.2) is 4.79 Å². The number of nitrogens with two attached hydrogens (primary N) is 1. The Kier molecular flexibility index (Phi) is 7.32. The first-order valence-corrected chi connectivity index (χ1v) is 8.62. The normalized spacial score (nSPS) is 10.2. The minimum Gasteiger partial charge on any atom is -0.452 e. The molecule has 0 saturated carbocycles. The van der Waals surface area contributed by atoms with Crippen molar-refractivity contribution in [1.82, 2.24) is 5.32 Å². The summed E-state index contributed by atoms with van der Waals surface area (Å²) in [5.74, 6) is -1.25. The largest absolute Gasteiger partial charge is 0.452 e. The van der Waals surface area contributed by atoms with E-state index in [0.29, 0.717) is 6.54 Å². The maximum atomic E-state index is 12.0. The molecule has 0 fully saturated rings. The van der Waals surface area contributed by atoms with E-state index < -0.39 is 23.4 Å². The molecular formula is C19H22N4O5. The number of amides is 1. The van der Waals surface area contributed by atoms with Crippen molar-refractivity contribution in [3.63, 3.8) is 0 Å². The number of rotatable bonds is 9. The van der Waals surface area contributed by atoms with E-state index in [1.807, 2.05) is 37.4 Å². The quantitative estimate of drug-likeness (QED) is 0.222. The van der Waals surface area contributed by atoms with E-state index in [9.17, 15) is 19.7 Å². The van der Waals surface area contributed by atoms with Crippen LogP contribution in [0.5, 0.6) is 0 Å². The molecule has 0 saturated heterocycles. The fourth-order valence-corrected chi connectivity index (χ4v) is 2.47. The molecule has 9 nitrogen and oxygen atoms in total. The van der Waals surface area contributed by atoms with E-state index in [0.717, 1.165) is 30.8 Å². The van der Waals surface area contributed by atoms with Crippen molar-refractivity contribution < 1.29 is 19.2 Å². The molecule has 148 valence electrons. The smallest absolute Gasteiger partial charge is 0.340 e. The van der Waals surface area contributed by atoms with Gasteiger partial charge in [0.1, 0.15) is 0 Å². The molecular weight excluding hydrogens is 364 g/mol. The monoisotopic (exact) mass is 386 g/mol. The molecule has 2 aromatic rings. The number of hydrogen-bond donors (Lipinski definition) is 2. The summed E-state index contributed by atoms with van der Waals surface area (Å²) in [6.07, 6.45) is 0.723. The van der Waals surface area contributed by atoms with E-state index in [1.165, 1.54) is 6.07 Å². The first-order valence-electron chi connectivity index (χ1n) is 8.62. The van der Waals surface area contributed by atoms with Gasteiger partial charge in [-0.3, -0.25) is 14.9 Å². The Morgan fingerprint density at radius 3 is 2.57 bits per heavy atom. The summed E-state index contributed by atoms with van der Waals surface area (Å²) in [4.78, 5) is 35.9. The van der Waals surface area contributed by atoms with Gasteiger partial charge in [-0.2, -0.15) is 0 Å². The first kappa shape index (κ1) is 20.7. The second-order valence-electron chi connectivity index (χ2n) is 6.07. The number of nitrogen functional groups attached to an aromatic ring is 1. The fraction of sp³-hybridized carbons (Fsp3) is 0.263. The van der Waals surface area contributed by atoms with Crippen LogP contribution < -0.4 is 16.0 Å². The molecule has 2 rings (SSSR count). The van der Waals surface area contributed by atoms with Gasteiger partial charge < -0.3 is 20.7 Å². The molecule has 1 amide bonds. The Morgan fingerprint density at radius 1 is 1.21 bits per heavy atom. The highest BCUT2D eigenvalue weighted by Crippen LogP contribution is 2.20. The Balaban J connectivity index is 1.71. The van der Waals surface area contributed by atoms with Crippen LogP contribution in [0.25, 0.3) is 0 Å². The lowest BCUT2D eigenvalue weighted by Gasteiger charge is -2.19. The van der Waals surface area contributed by atoms with E-state index >= 15 is 0 Å². The number of anilines is 2. The van der Waals surface area contributed by atoms with Crippen molar-refractivity contribution in [3.05, 3.63) is 64.2 Å². The van der Waals surface area contributed by atoms with Crippen molar-refractivity contribution in [3.8, 4) is 0 Å². The molecule has 0 bridgehead atoms. The zero-order valence-electron chi connectivity index (χ0n) is 15.5. The Hall–Kier alpha value is -3.62. The lowest BCUT2D eigenvalue weighted by atomic mass is 10.1. The average molecular weight is 386 g/mol. The maximum Gasteiger partial charge on any atom is 0.340 e. The number of carbonyl (C=O) groups is 2. The summed E-state index contributed by atoms with van der Waals surface area (Å²) in [6, 6.07) is 13.3. The number of para-hydroxylation sites is 1. The molecule has 0 radical (unpaired) electrons. The number of non-ortho nitro benzene ring substituents is 1. The summed E-state index contributed by atoms with van der Waals surface area (Å²) in [5.41, 5.74) is 6.38. The summed E-state index contributed by atoms with van der Waals surface area (Å²) in [7, 11) is 1.97. The lowest BCUT2D eigenvalue weighted by molar-refractivity contribution is -0.384. The zero-order valence-corrected chi connectivity index (χ0v) is 15.5. The minimum atomic E-state index is -0.814. The number of nitro benzene ring substituents is 1. The molecule has 0 atom stereocenters. The molecule has 0 unspecified atom stereocenters. The van der Waals surface area contributed by atoms with E-state index in [1.54, 1.807) is 0 Å². The number of benzene rings is 2. The van der Waals surface area contributed by atoms with Gasteiger partial charge in [-0.15, -0.1) is 0 Å². The first-order chi connectivity index (χ1) is 13.4. The number of ether oxygens (including phenoxy) is 1. The summed E-state index contributed by atoms with van der Waals surface area (Å²) in [5, 5.41) is 13.3. The van der Waals surface area contributed by atoms with Gasteiger partial charge >= 0.3 is 5.97 Å². The predicted octanol–water partition coefficient (Wildman–Crippen LogP) is 1.98. The molecule has 0 aliphatic rings. The molecule has 9 heteroatoms. The van der Waals surface area contributed by atoms with E-state index in [4.69, 9.17) is 10.5 Å². The van der Waals surface area contributed by atoms with Crippen LogP contribution in [-0.2, 0) is 9.53 Å². The summed E-state index contributed by atoms with van der Waals surface area (Å²) < 4.78 is 4.91. The fourth-order valence-electron chi connectivity index (χ4n) is 2.47. The molecule has 0 aromatic heterocycles. The molecule has 2 aromatic carbocycles. The highest BCUT2D eigenvalue weighted by molar-refractivity contribution is 5.96. The Bertz CT molecular complexity index is 841. The topological polar surface area (TPSA) is 128 Å². The Labute approximate surface area is 162 Å². The van der Waals surface area contributed by atoms with Crippen molar-refractivity contribution in [2.45, 2.75) is 6.42 Å². The third-order valence-electron chi connectivity index (χ3n) is 3.99. The summed E-state index contributed by atoms with van der Waals surface area (Å²) in [6.45, 7) is 0.737. The number of hydrogen-bond acceptors (Lipinski definition) is 7. The van der Waals surface area contributed by atoms with E-state index in [-0.39, 0.29) is 16.9 Å². The van der Waals surface area contributed by atoms with Crippen LogP contribution in [0.3, 0.4) is 0 Å². The predicted molar refractivity (Wildman–Crippen MR) is 105 cm³/mol. The average Bonchev–Trinajstić information content (AvgIpc) is 2.69. The minimum absolute atomic E-state index is 0.0251. The lowest BCUT2D eigenvalue weighted by Crippen LogP contribution is -2.31. The molecule has 3 N–H and O–H groups in total. The second-order valence-corrected chi connectivity index (χ2v) is 6.07. The number of nitro groups is 1. The SMILES string of the molecule is CN(CCCNC(=O)COC(=O)c1ccc([N+](=O)[O-])cc1N)c1ccccc1. The number of esters is 1. The molecule has 0 spiro atoms. The van der Waals surface area contributed by atoms with Gasteiger partial charge in [0.2, 0.25) is 0 Å². The number of nitrogens with zero attached hydrogens (tertiary/aromatic N) is 2. The molecule has 0 aliphatic heterocycles. The molecule has 28 heavy (non-hydrogen) atoms. The van der Waals surface area contributed by atoms with Gasteiger partial charge in [0.25, 0.3) is 11.6 Å². The van der Waals surface area contributed by atoms with Gasteiger partial charge in [0, 0.05) is 38.0 Å². The number of nitrogens with one attached hydrogen (secondary N) is 1. The number of carbonyl (C=O) groups excluding carboxylic acids is 2. The van der Waals surface area contributed by atoms with Gasteiger partial charge in [0.05, 0.1) is 16.2 Å². The Morgan fingerprint density at radius 2 is 1.93 bits per heavy atom. The molecule has 0 aliphatic carbocycles. The van der Waals surface area contributed by atoms with Crippen LogP contribution in [0.15, 0.2) is 48.5 Å². The van der Waals surface area contributed by atoms with Crippen LogP contribution in [-0.4, -0.2) is 43.5 Å². The van der Waals surface area contributed by atoms with Crippen molar-refractivity contribution in [2.24, 2.45) is 0 Å². The van der Waals surface area contributed by atoms with Crippen LogP contribution in [0.4, 0.5) is 17.1 Å². The molecule has 0 heterocycles. The maximum absolute atomic E-state index is 12.0. The summed E-state index contributed by atoms with van der Waals surface area (Å²) >= 11 is 0. The van der Waals surface area contributed by atoms with Crippen molar-refractivity contribution >= 4 is 28.9 Å². The highest BCUT2D eigenvalue weighted by Gasteiger charge is 2.16. The van der Waals surface area contributed by atoms with Gasteiger partial charge in [0.15, 0.2) is 6.61 Å². The zero-order chi connectivity index (χ0) is 20.5. The second kappa shape index (κ2) is 9.91. The van der Waals surface area contributed by atoms with Crippen LogP contribution in [0.1, 0.15) is 16.8 Å². The van der Waals surface area contributed by atoms with Crippen LogP contribution >= 0.6 is 0 Å². The van der Waals surface area contributed by atoms with Gasteiger partial charge in [-0.05, 0) is 24.6 Å². The third-order valence-corrected chi connectivity index (χ3v) is 3.99. The highest BCUT2D eigenvalue weighted by atomic mass is 16.6. The van der Waals surface area contributed by atoms with Crippen LogP contribution in [0.2, 0.25) is 0 Å². The van der Waals surface area contributed by atoms with Gasteiger partial charge in [-0.1, -0.05) is 18.2 Å². The van der Waals surface area contributed by atoms with Crippen molar-refractivity contribution in [1.29, 1.82) is 0 Å². The standard InChI is InChI=1S/C19H22N4O5/c1-22(14-6-3-2-4-7-14)11-5-10-21-18(24)13-28-19(25)16-9-8-15(23(26)27)12-17(16)20/h2-4,6-9,12H,5,10-11,13,20H2,1H3,(H,21,24). The van der Waals surface area contributed by atoms with Crippen molar-refractivity contribution in [2.75, 3.05) is 37.4 Å². The van der Waals surface area contributed by atoms with E-state index in [2.05, 4.69) is 10.2 Å². The third kappa shape index (κ3) is 5.97.